The molecule has 0 radical (unpaired) electrons. The summed E-state index contributed by atoms with van der Waals surface area (Å²) in [6, 6.07) is 4.56. The van der Waals surface area contributed by atoms with Gasteiger partial charge in [0.2, 0.25) is 11.8 Å². The van der Waals surface area contributed by atoms with E-state index in [0.29, 0.717) is 34.5 Å². The van der Waals surface area contributed by atoms with E-state index in [4.69, 9.17) is 16.3 Å². The molecule has 1 aromatic carbocycles. The SMILES string of the molecule is COC(=O)c1cc(Cl)ccc1NC(=O)CC/C(C)=N/N=S1\CNC(=O)C1. The van der Waals surface area contributed by atoms with Crippen LogP contribution in [0.5, 0.6) is 0 Å². The third-order valence-electron chi connectivity index (χ3n) is 3.44. The molecule has 1 heterocycles. The summed E-state index contributed by atoms with van der Waals surface area (Å²) in [6.45, 7) is 1.77. The maximum Gasteiger partial charge on any atom is 0.340 e. The van der Waals surface area contributed by atoms with Crippen LogP contribution in [0.1, 0.15) is 30.1 Å². The molecule has 0 aliphatic carbocycles. The van der Waals surface area contributed by atoms with E-state index in [9.17, 15) is 14.4 Å². The standard InChI is InChI=1S/C16H19ClN4O4S/c1-10(20-21-26-8-15(23)18-9-26)3-6-14(22)19-13-5-4-11(17)7-12(13)16(24)25-2/h4-5,7H,3,6,8-9H2,1-2H3,(H,18,23)(H,19,22)/b20-10+. The Kier molecular flexibility index (Phi) is 7.28. The molecule has 26 heavy (non-hydrogen) atoms. The number of rotatable bonds is 6. The Morgan fingerprint density at radius 1 is 1.38 bits per heavy atom. The number of halogens is 1. The number of anilines is 1. The second-order valence-electron chi connectivity index (χ2n) is 5.50. The van der Waals surface area contributed by atoms with E-state index in [0.717, 1.165) is 0 Å². The molecule has 10 heteroatoms. The average molecular weight is 399 g/mol. The van der Waals surface area contributed by atoms with Crippen LogP contribution in [0.4, 0.5) is 5.69 Å². The summed E-state index contributed by atoms with van der Waals surface area (Å²) in [5.74, 6) is 0.00791. The second-order valence-corrected chi connectivity index (χ2v) is 7.60. The van der Waals surface area contributed by atoms with E-state index in [2.05, 4.69) is 20.2 Å². The van der Waals surface area contributed by atoms with Crippen LogP contribution in [0.2, 0.25) is 5.02 Å². The van der Waals surface area contributed by atoms with Crippen LogP contribution >= 0.6 is 11.6 Å². The summed E-state index contributed by atoms with van der Waals surface area (Å²) in [4.78, 5) is 35.0. The molecule has 1 fully saturated rings. The smallest absolute Gasteiger partial charge is 0.340 e. The third kappa shape index (κ3) is 5.92. The van der Waals surface area contributed by atoms with E-state index in [-0.39, 0.29) is 23.8 Å². The van der Waals surface area contributed by atoms with Crippen molar-refractivity contribution in [3.8, 4) is 0 Å². The van der Waals surface area contributed by atoms with Crippen LogP contribution in [-0.4, -0.2) is 42.2 Å². The van der Waals surface area contributed by atoms with Crippen LogP contribution in [0, 0.1) is 0 Å². The number of ether oxygens (including phenoxy) is 1. The third-order valence-corrected chi connectivity index (χ3v) is 5.06. The van der Waals surface area contributed by atoms with Gasteiger partial charge in [-0.05, 0) is 42.2 Å². The lowest BCUT2D eigenvalue weighted by Crippen LogP contribution is -2.16. The molecule has 0 bridgehead atoms. The molecule has 2 rings (SSSR count). The van der Waals surface area contributed by atoms with Gasteiger partial charge in [-0.1, -0.05) is 11.6 Å². The van der Waals surface area contributed by atoms with Gasteiger partial charge in [0.15, 0.2) is 0 Å². The van der Waals surface area contributed by atoms with Gasteiger partial charge in [-0.2, -0.15) is 5.10 Å². The van der Waals surface area contributed by atoms with Gasteiger partial charge in [0.05, 0.1) is 30.0 Å². The van der Waals surface area contributed by atoms with Crippen LogP contribution in [0.25, 0.3) is 0 Å². The van der Waals surface area contributed by atoms with E-state index in [1.807, 2.05) is 0 Å². The highest BCUT2D eigenvalue weighted by Gasteiger charge is 2.15. The van der Waals surface area contributed by atoms with Gasteiger partial charge in [0.1, 0.15) is 0 Å². The molecule has 1 aliphatic rings. The Hall–Kier alpha value is -2.26. The van der Waals surface area contributed by atoms with Crippen LogP contribution in [0.15, 0.2) is 27.8 Å². The lowest BCUT2D eigenvalue weighted by atomic mass is 10.1. The van der Waals surface area contributed by atoms with Crippen molar-refractivity contribution in [3.05, 3.63) is 28.8 Å². The quantitative estimate of drug-likeness (QED) is 0.434. The summed E-state index contributed by atoms with van der Waals surface area (Å²) < 4.78 is 8.81. The fourth-order valence-corrected chi connectivity index (χ4v) is 3.44. The number of carbonyl (C=O) groups excluding carboxylic acids is 3. The number of esters is 1. The molecule has 1 aromatic rings. The first kappa shape index (κ1) is 20.1. The molecule has 1 unspecified atom stereocenters. The van der Waals surface area contributed by atoms with Crippen molar-refractivity contribution < 1.29 is 19.1 Å². The molecule has 1 aliphatic heterocycles. The first-order valence-corrected chi connectivity index (χ1v) is 9.65. The van der Waals surface area contributed by atoms with Crippen molar-refractivity contribution in [2.75, 3.05) is 24.1 Å². The first-order chi connectivity index (χ1) is 12.4. The van der Waals surface area contributed by atoms with Crippen LogP contribution in [0.3, 0.4) is 0 Å². The normalized spacial score (nSPS) is 17.1. The lowest BCUT2D eigenvalue weighted by molar-refractivity contribution is -0.118. The Morgan fingerprint density at radius 2 is 2.15 bits per heavy atom. The van der Waals surface area contributed by atoms with Gasteiger partial charge in [0.25, 0.3) is 0 Å². The van der Waals surface area contributed by atoms with E-state index < -0.39 is 16.7 Å². The first-order valence-electron chi connectivity index (χ1n) is 7.75. The van der Waals surface area contributed by atoms with Gasteiger partial charge in [-0.3, -0.25) is 9.59 Å². The van der Waals surface area contributed by atoms with E-state index in [1.54, 1.807) is 19.1 Å². The fraction of sp³-hybridized carbons (Fsp3) is 0.375. The minimum absolute atomic E-state index is 0.0197. The monoisotopic (exact) mass is 398 g/mol. The fourth-order valence-electron chi connectivity index (χ4n) is 2.06. The largest absolute Gasteiger partial charge is 0.465 e. The zero-order chi connectivity index (χ0) is 19.1. The summed E-state index contributed by atoms with van der Waals surface area (Å²) >= 11 is 5.88. The number of nitrogens with one attached hydrogen (secondary N) is 2. The molecule has 8 nitrogen and oxygen atoms in total. The van der Waals surface area contributed by atoms with Gasteiger partial charge in [-0.25, -0.2) is 4.79 Å². The molecule has 140 valence electrons. The Bertz CT molecular complexity index is 794. The number of hydrogen-bond acceptors (Lipinski definition) is 5. The minimum Gasteiger partial charge on any atom is -0.465 e. The van der Waals surface area contributed by atoms with Crippen molar-refractivity contribution in [3.63, 3.8) is 0 Å². The Labute approximate surface area is 158 Å². The molecular weight excluding hydrogens is 380 g/mol. The predicted octanol–water partition coefficient (Wildman–Crippen LogP) is 2.11. The van der Waals surface area contributed by atoms with Gasteiger partial charge >= 0.3 is 5.97 Å². The second kappa shape index (κ2) is 9.44. The summed E-state index contributed by atoms with van der Waals surface area (Å²) in [5.41, 5.74) is 1.21. The van der Waals surface area contributed by atoms with Crippen LogP contribution in [-0.2, 0) is 25.0 Å². The minimum atomic E-state index is -0.583. The number of methoxy groups -OCH3 is 1. The number of benzene rings is 1. The molecule has 0 spiro atoms. The van der Waals surface area contributed by atoms with Crippen molar-refractivity contribution in [1.29, 1.82) is 0 Å². The maximum atomic E-state index is 12.1. The highest BCUT2D eigenvalue weighted by molar-refractivity contribution is 7.88. The topological polar surface area (TPSA) is 109 Å². The molecule has 0 aromatic heterocycles. The Balaban J connectivity index is 1.93. The van der Waals surface area contributed by atoms with Crippen molar-refractivity contribution in [1.82, 2.24) is 5.32 Å². The summed E-state index contributed by atoms with van der Waals surface area (Å²) in [6.07, 6.45) is 0.591. The van der Waals surface area contributed by atoms with Crippen LogP contribution < -0.4 is 10.6 Å². The molecule has 2 N–H and O–H groups in total. The van der Waals surface area contributed by atoms with Gasteiger partial charge in [-0.15, -0.1) is 4.47 Å². The number of nitrogens with zero attached hydrogens (tertiary/aromatic N) is 2. The molecule has 0 saturated carbocycles. The molecule has 2 amide bonds. The predicted molar refractivity (Wildman–Crippen MR) is 101 cm³/mol. The van der Waals surface area contributed by atoms with E-state index in [1.165, 1.54) is 13.2 Å². The average Bonchev–Trinajstić information content (AvgIpc) is 3.04. The highest BCUT2D eigenvalue weighted by atomic mass is 35.5. The Morgan fingerprint density at radius 3 is 2.81 bits per heavy atom. The van der Waals surface area contributed by atoms with E-state index >= 15 is 0 Å². The van der Waals surface area contributed by atoms with Crippen molar-refractivity contribution >= 4 is 51.5 Å². The van der Waals surface area contributed by atoms with Gasteiger partial charge < -0.3 is 15.4 Å². The zero-order valence-corrected chi connectivity index (χ0v) is 15.9. The maximum absolute atomic E-state index is 12.1. The van der Waals surface area contributed by atoms with Crippen molar-refractivity contribution in [2.24, 2.45) is 9.57 Å². The number of amides is 2. The van der Waals surface area contributed by atoms with Crippen molar-refractivity contribution in [2.45, 2.75) is 19.8 Å². The number of carbonyl (C=O) groups is 3. The summed E-state index contributed by atoms with van der Waals surface area (Å²) in [5, 5.41) is 9.82. The number of hydrogen-bond donors (Lipinski definition) is 2. The lowest BCUT2D eigenvalue weighted by Gasteiger charge is -2.10. The molecular formula is C16H19ClN4O4S. The zero-order valence-electron chi connectivity index (χ0n) is 14.4. The highest BCUT2D eigenvalue weighted by Crippen LogP contribution is 2.22. The molecule has 1 atom stereocenters. The molecule has 1 saturated heterocycles. The summed E-state index contributed by atoms with van der Waals surface area (Å²) in [7, 11) is 0.833. The van der Waals surface area contributed by atoms with Gasteiger partial charge in [0, 0.05) is 17.2 Å².